The fourth-order valence-electron chi connectivity index (χ4n) is 3.30. The van der Waals surface area contributed by atoms with Gasteiger partial charge in [-0.15, -0.1) is 11.3 Å². The van der Waals surface area contributed by atoms with Crippen LogP contribution in [0.3, 0.4) is 0 Å². The molecule has 1 fully saturated rings. The number of fused-ring (bicyclic) bond motifs is 1. The van der Waals surface area contributed by atoms with Crippen molar-refractivity contribution in [1.82, 2.24) is 15.1 Å². The van der Waals surface area contributed by atoms with Gasteiger partial charge in [0.1, 0.15) is 5.82 Å². The normalized spacial score (nSPS) is 15.7. The molecule has 1 aromatic carbocycles. The van der Waals surface area contributed by atoms with Gasteiger partial charge >= 0.3 is 0 Å². The highest BCUT2D eigenvalue weighted by Gasteiger charge is 2.50. The molecule has 4 rings (SSSR count). The maximum absolute atomic E-state index is 14.5. The number of hydrogen-bond donors (Lipinski definition) is 2. The van der Waals surface area contributed by atoms with Gasteiger partial charge in [-0.3, -0.25) is 9.89 Å². The molecule has 0 radical (unpaired) electrons. The van der Waals surface area contributed by atoms with E-state index in [1.54, 1.807) is 17.4 Å². The lowest BCUT2D eigenvalue weighted by Gasteiger charge is -2.19. The molecule has 2 N–H and O–H groups in total. The van der Waals surface area contributed by atoms with Gasteiger partial charge in [0.25, 0.3) is 0 Å². The number of halogens is 1. The molecule has 0 aliphatic heterocycles. The highest BCUT2D eigenvalue weighted by Crippen LogP contribution is 2.47. The Kier molecular flexibility index (Phi) is 4.57. The number of benzene rings is 1. The Morgan fingerprint density at radius 3 is 2.89 bits per heavy atom. The number of carbonyl (C=O) groups excluding carboxylic acids is 1. The van der Waals surface area contributed by atoms with E-state index in [4.69, 9.17) is 0 Å². The molecule has 2 aromatic heterocycles. The van der Waals surface area contributed by atoms with Crippen molar-refractivity contribution in [3.8, 4) is 0 Å². The van der Waals surface area contributed by atoms with Crippen LogP contribution in [0.15, 0.2) is 29.6 Å². The second kappa shape index (κ2) is 6.90. The smallest absolute Gasteiger partial charge is 0.231 e. The minimum atomic E-state index is -0.464. The van der Waals surface area contributed by atoms with E-state index in [0.717, 1.165) is 23.1 Å². The summed E-state index contributed by atoms with van der Waals surface area (Å²) in [6.07, 6.45) is 5.53. The standard InChI is InChI=1S/C20H21FN4OS/c1-25(2)12-20(7-8-20)19(26)22-18-10-14-16(6-5-13-4-3-9-27-13)23-24-17(14)11-15(18)21/h3-6,9-11H,7-8,12H2,1-2H3,(H,22,26)(H,23,24)/b6-5+. The molecule has 2 heterocycles. The fourth-order valence-corrected chi connectivity index (χ4v) is 3.91. The van der Waals surface area contributed by atoms with Gasteiger partial charge in [-0.05, 0) is 56.6 Å². The molecule has 7 heteroatoms. The van der Waals surface area contributed by atoms with Crippen LogP contribution in [0.5, 0.6) is 0 Å². The maximum Gasteiger partial charge on any atom is 0.231 e. The Labute approximate surface area is 160 Å². The van der Waals surface area contributed by atoms with Crippen molar-refractivity contribution < 1.29 is 9.18 Å². The quantitative estimate of drug-likeness (QED) is 0.669. The number of amides is 1. The van der Waals surface area contributed by atoms with Gasteiger partial charge in [0.2, 0.25) is 5.91 Å². The first kappa shape index (κ1) is 17.9. The lowest BCUT2D eigenvalue weighted by atomic mass is 10.1. The molecule has 0 spiro atoms. The van der Waals surface area contributed by atoms with E-state index >= 15 is 0 Å². The average Bonchev–Trinajstić information content (AvgIpc) is 3.04. The minimum Gasteiger partial charge on any atom is -0.323 e. The van der Waals surface area contributed by atoms with Crippen LogP contribution in [0.4, 0.5) is 10.1 Å². The van der Waals surface area contributed by atoms with Crippen molar-refractivity contribution in [3.63, 3.8) is 0 Å². The van der Waals surface area contributed by atoms with Crippen molar-refractivity contribution in [3.05, 3.63) is 46.0 Å². The zero-order valence-electron chi connectivity index (χ0n) is 15.3. The van der Waals surface area contributed by atoms with Crippen molar-refractivity contribution in [1.29, 1.82) is 0 Å². The van der Waals surface area contributed by atoms with Gasteiger partial charge in [0.05, 0.1) is 22.3 Å². The predicted octanol–water partition coefficient (Wildman–Crippen LogP) is 4.21. The predicted molar refractivity (Wildman–Crippen MR) is 108 cm³/mol. The molecular formula is C20H21FN4OS. The van der Waals surface area contributed by atoms with Gasteiger partial charge in [-0.1, -0.05) is 6.07 Å². The van der Waals surface area contributed by atoms with E-state index in [-0.39, 0.29) is 11.6 Å². The van der Waals surface area contributed by atoms with Crippen LogP contribution >= 0.6 is 11.3 Å². The number of thiophene rings is 1. The minimum absolute atomic E-state index is 0.117. The van der Waals surface area contributed by atoms with Gasteiger partial charge in [-0.2, -0.15) is 5.10 Å². The number of nitrogens with zero attached hydrogens (tertiary/aromatic N) is 2. The molecule has 1 amide bonds. The van der Waals surface area contributed by atoms with Crippen molar-refractivity contribution in [2.75, 3.05) is 26.0 Å². The molecule has 1 saturated carbocycles. The Morgan fingerprint density at radius 2 is 2.22 bits per heavy atom. The van der Waals surface area contributed by atoms with Crippen LogP contribution in [0.1, 0.15) is 23.4 Å². The van der Waals surface area contributed by atoms with E-state index in [1.807, 2.05) is 48.7 Å². The first-order chi connectivity index (χ1) is 13.0. The molecule has 0 unspecified atom stereocenters. The summed E-state index contributed by atoms with van der Waals surface area (Å²) < 4.78 is 14.5. The molecule has 0 bridgehead atoms. The van der Waals surface area contributed by atoms with Gasteiger partial charge in [0, 0.05) is 22.9 Å². The molecule has 140 valence electrons. The number of nitrogens with one attached hydrogen (secondary N) is 2. The van der Waals surface area contributed by atoms with Gasteiger partial charge < -0.3 is 10.2 Å². The third-order valence-corrected chi connectivity index (χ3v) is 5.67. The summed E-state index contributed by atoms with van der Waals surface area (Å²) in [4.78, 5) is 15.8. The number of rotatable bonds is 6. The second-order valence-corrected chi connectivity index (χ2v) is 8.29. The number of aromatic nitrogens is 2. The lowest BCUT2D eigenvalue weighted by molar-refractivity contribution is -0.121. The topological polar surface area (TPSA) is 61.0 Å². The van der Waals surface area contributed by atoms with E-state index in [9.17, 15) is 9.18 Å². The molecule has 0 saturated heterocycles. The zero-order valence-corrected chi connectivity index (χ0v) is 16.1. The Bertz CT molecular complexity index is 1000. The van der Waals surface area contributed by atoms with Crippen LogP contribution in [-0.4, -0.2) is 41.6 Å². The summed E-state index contributed by atoms with van der Waals surface area (Å²) in [6.45, 7) is 0.670. The summed E-state index contributed by atoms with van der Waals surface area (Å²) in [6, 6.07) is 7.04. The van der Waals surface area contributed by atoms with E-state index < -0.39 is 11.2 Å². The second-order valence-electron chi connectivity index (χ2n) is 7.31. The molecule has 27 heavy (non-hydrogen) atoms. The van der Waals surface area contributed by atoms with Crippen molar-refractivity contribution in [2.24, 2.45) is 5.41 Å². The first-order valence-electron chi connectivity index (χ1n) is 8.82. The Morgan fingerprint density at radius 1 is 1.41 bits per heavy atom. The van der Waals surface area contributed by atoms with Crippen LogP contribution in [0.25, 0.3) is 23.1 Å². The zero-order chi connectivity index (χ0) is 19.0. The van der Waals surface area contributed by atoms with Gasteiger partial charge in [0.15, 0.2) is 0 Å². The van der Waals surface area contributed by atoms with E-state index in [2.05, 4.69) is 15.5 Å². The molecule has 5 nitrogen and oxygen atoms in total. The molecule has 0 atom stereocenters. The number of H-pyrrole nitrogens is 1. The summed E-state index contributed by atoms with van der Waals surface area (Å²) >= 11 is 1.63. The average molecular weight is 384 g/mol. The van der Waals surface area contributed by atoms with Crippen LogP contribution in [0, 0.1) is 11.2 Å². The highest BCUT2D eigenvalue weighted by atomic mass is 32.1. The van der Waals surface area contributed by atoms with Crippen LogP contribution in [0.2, 0.25) is 0 Å². The summed E-state index contributed by atoms with van der Waals surface area (Å²) in [5.41, 5.74) is 1.11. The van der Waals surface area contributed by atoms with Crippen LogP contribution < -0.4 is 5.32 Å². The van der Waals surface area contributed by atoms with E-state index in [1.165, 1.54) is 6.07 Å². The van der Waals surface area contributed by atoms with Crippen LogP contribution in [-0.2, 0) is 4.79 Å². The molecular weight excluding hydrogens is 363 g/mol. The maximum atomic E-state index is 14.5. The number of hydrogen-bond acceptors (Lipinski definition) is 4. The highest BCUT2D eigenvalue weighted by molar-refractivity contribution is 7.10. The third kappa shape index (κ3) is 3.65. The first-order valence-corrected chi connectivity index (χ1v) is 9.70. The van der Waals surface area contributed by atoms with Crippen molar-refractivity contribution >= 4 is 46.0 Å². The fraction of sp³-hybridized carbons (Fsp3) is 0.300. The number of aromatic amines is 1. The Balaban J connectivity index is 1.61. The molecule has 1 aliphatic rings. The van der Waals surface area contributed by atoms with Gasteiger partial charge in [-0.25, -0.2) is 4.39 Å². The Hall–Kier alpha value is -2.51. The molecule has 3 aromatic rings. The van der Waals surface area contributed by atoms with E-state index in [0.29, 0.717) is 17.8 Å². The SMILES string of the molecule is CN(C)CC1(C(=O)Nc2cc3c(/C=C/c4cccs4)n[nH]c3cc2F)CC1. The number of anilines is 1. The lowest BCUT2D eigenvalue weighted by Crippen LogP contribution is -2.33. The summed E-state index contributed by atoms with van der Waals surface area (Å²) in [5, 5.41) is 12.7. The summed E-state index contributed by atoms with van der Waals surface area (Å²) in [7, 11) is 3.88. The monoisotopic (exact) mass is 384 g/mol. The third-order valence-electron chi connectivity index (χ3n) is 4.83. The molecule has 1 aliphatic carbocycles. The largest absolute Gasteiger partial charge is 0.323 e. The number of carbonyl (C=O) groups is 1. The van der Waals surface area contributed by atoms with Crippen molar-refractivity contribution in [2.45, 2.75) is 12.8 Å². The summed E-state index contributed by atoms with van der Waals surface area (Å²) in [5.74, 6) is -0.581.